The van der Waals surface area contributed by atoms with Gasteiger partial charge in [-0.1, -0.05) is 54.1 Å². The summed E-state index contributed by atoms with van der Waals surface area (Å²) >= 11 is 0. The number of nitro benzene ring substituents is 1. The van der Waals surface area contributed by atoms with E-state index in [9.17, 15) is 14.9 Å². The molecule has 176 valence electrons. The lowest BCUT2D eigenvalue weighted by molar-refractivity contribution is -0.385. The number of aryl methyl sites for hydroxylation is 1. The van der Waals surface area contributed by atoms with Gasteiger partial charge in [-0.15, -0.1) is 0 Å². The number of carbonyl (C=O) groups is 1. The van der Waals surface area contributed by atoms with Gasteiger partial charge in [0, 0.05) is 6.07 Å². The molecule has 0 aliphatic carbocycles. The predicted octanol–water partition coefficient (Wildman–Crippen LogP) is 4.88. The Morgan fingerprint density at radius 3 is 2.34 bits per heavy atom. The molecule has 0 saturated carbocycles. The van der Waals surface area contributed by atoms with E-state index >= 15 is 0 Å². The maximum absolute atomic E-state index is 13.9. The number of hydrogen-bond donors (Lipinski definition) is 0. The highest BCUT2D eigenvalue weighted by Crippen LogP contribution is 2.43. The van der Waals surface area contributed by atoms with E-state index in [1.807, 2.05) is 55.5 Å². The van der Waals surface area contributed by atoms with Crippen LogP contribution in [0, 0.1) is 17.0 Å². The molecule has 0 saturated heterocycles. The molecule has 0 spiro atoms. The van der Waals surface area contributed by atoms with Crippen LogP contribution in [0.1, 0.15) is 45.6 Å². The van der Waals surface area contributed by atoms with Crippen molar-refractivity contribution in [3.8, 4) is 5.75 Å². The van der Waals surface area contributed by atoms with Crippen LogP contribution in [-0.4, -0.2) is 32.7 Å². The Bertz CT molecular complexity index is 1380. The van der Waals surface area contributed by atoms with Crippen molar-refractivity contribution in [3.63, 3.8) is 0 Å². The highest BCUT2D eigenvalue weighted by atomic mass is 16.6. The summed E-state index contributed by atoms with van der Waals surface area (Å²) < 4.78 is 7.01. The lowest BCUT2D eigenvalue weighted by Crippen LogP contribution is -2.42. The minimum atomic E-state index is -0.539. The van der Waals surface area contributed by atoms with E-state index in [0.717, 1.165) is 22.4 Å². The standard InChI is InChI=1S/C26H23N5O4/c1-17-7-9-18(10-8-17)23-15-24(19-11-13-20(35-2)14-12-19)30-26(27-16-28-30)29(23)25(32)21-5-3-4-6-22(21)31(33)34/h3-14,16,23-24H,15H2,1-2H3/t23-,24-/m1/s1. The van der Waals surface area contributed by atoms with Crippen molar-refractivity contribution in [3.05, 3.63) is 111 Å². The summed E-state index contributed by atoms with van der Waals surface area (Å²) in [4.78, 5) is 31.0. The molecule has 0 radical (unpaired) electrons. The molecule has 0 fully saturated rings. The van der Waals surface area contributed by atoms with Gasteiger partial charge in [-0.3, -0.25) is 19.8 Å². The molecule has 3 aromatic carbocycles. The van der Waals surface area contributed by atoms with E-state index in [-0.39, 0.29) is 17.3 Å². The second-order valence-electron chi connectivity index (χ2n) is 8.41. The van der Waals surface area contributed by atoms with Crippen LogP contribution in [-0.2, 0) is 0 Å². The van der Waals surface area contributed by atoms with Gasteiger partial charge < -0.3 is 4.74 Å². The van der Waals surface area contributed by atoms with E-state index in [1.54, 1.807) is 23.9 Å². The number of nitro groups is 1. The number of para-hydroxylation sites is 1. The van der Waals surface area contributed by atoms with Crippen molar-refractivity contribution in [1.29, 1.82) is 0 Å². The second-order valence-corrected chi connectivity index (χ2v) is 8.41. The first kappa shape index (κ1) is 22.3. The number of anilines is 1. The molecular weight excluding hydrogens is 446 g/mol. The fraction of sp³-hybridized carbons (Fsp3) is 0.192. The number of methoxy groups -OCH3 is 1. The molecule has 0 unspecified atom stereocenters. The first-order chi connectivity index (χ1) is 17.0. The van der Waals surface area contributed by atoms with Crippen LogP contribution in [0.3, 0.4) is 0 Å². The average molecular weight is 470 g/mol. The van der Waals surface area contributed by atoms with Crippen LogP contribution in [0.4, 0.5) is 11.6 Å². The van der Waals surface area contributed by atoms with Crippen molar-refractivity contribution >= 4 is 17.5 Å². The lowest BCUT2D eigenvalue weighted by Gasteiger charge is -2.39. The van der Waals surface area contributed by atoms with Gasteiger partial charge in [-0.25, -0.2) is 4.68 Å². The number of rotatable bonds is 5. The summed E-state index contributed by atoms with van der Waals surface area (Å²) in [6.07, 6.45) is 1.92. The van der Waals surface area contributed by atoms with Crippen LogP contribution in [0.25, 0.3) is 0 Å². The maximum atomic E-state index is 13.9. The molecular formula is C26H23N5O4. The van der Waals surface area contributed by atoms with Gasteiger partial charge in [-0.05, 0) is 42.7 Å². The van der Waals surface area contributed by atoms with Crippen molar-refractivity contribution in [2.45, 2.75) is 25.4 Å². The van der Waals surface area contributed by atoms with Crippen molar-refractivity contribution in [2.75, 3.05) is 12.0 Å². The van der Waals surface area contributed by atoms with Gasteiger partial charge in [0.2, 0.25) is 5.95 Å². The van der Waals surface area contributed by atoms with Crippen LogP contribution in [0.2, 0.25) is 0 Å². The second kappa shape index (κ2) is 9.02. The number of amides is 1. The molecule has 35 heavy (non-hydrogen) atoms. The molecule has 9 heteroatoms. The van der Waals surface area contributed by atoms with Gasteiger partial charge in [0.05, 0.1) is 24.1 Å². The molecule has 9 nitrogen and oxygen atoms in total. The Kier molecular flexibility index (Phi) is 5.74. The highest BCUT2D eigenvalue weighted by Gasteiger charge is 2.41. The Hall–Kier alpha value is -4.53. The van der Waals surface area contributed by atoms with E-state index in [4.69, 9.17) is 4.74 Å². The number of ether oxygens (including phenoxy) is 1. The molecule has 4 aromatic rings. The Labute approximate surface area is 201 Å². The largest absolute Gasteiger partial charge is 0.497 e. The van der Waals surface area contributed by atoms with E-state index < -0.39 is 16.9 Å². The van der Waals surface area contributed by atoms with Crippen LogP contribution >= 0.6 is 0 Å². The van der Waals surface area contributed by atoms with Crippen molar-refractivity contribution in [2.24, 2.45) is 0 Å². The van der Waals surface area contributed by atoms with Gasteiger partial charge >= 0.3 is 0 Å². The third-order valence-electron chi connectivity index (χ3n) is 6.34. The molecule has 2 atom stereocenters. The molecule has 1 aliphatic heterocycles. The topological polar surface area (TPSA) is 103 Å². The number of hydrogen-bond acceptors (Lipinski definition) is 6. The summed E-state index contributed by atoms with van der Waals surface area (Å²) in [6, 6.07) is 21.0. The fourth-order valence-corrected chi connectivity index (χ4v) is 4.55. The van der Waals surface area contributed by atoms with Crippen molar-refractivity contribution < 1.29 is 14.5 Å². The zero-order chi connectivity index (χ0) is 24.5. The highest BCUT2D eigenvalue weighted by molar-refractivity contribution is 6.08. The molecule has 1 amide bonds. The molecule has 0 bridgehead atoms. The normalized spacial score (nSPS) is 17.0. The number of nitrogens with zero attached hydrogens (tertiary/aromatic N) is 5. The monoisotopic (exact) mass is 469 g/mol. The minimum absolute atomic E-state index is 0.00654. The zero-order valence-corrected chi connectivity index (χ0v) is 19.2. The quantitative estimate of drug-likeness (QED) is 0.305. The predicted molar refractivity (Wildman–Crippen MR) is 130 cm³/mol. The molecule has 1 aliphatic rings. The third-order valence-corrected chi connectivity index (χ3v) is 6.34. The molecule has 1 aromatic heterocycles. The summed E-state index contributed by atoms with van der Waals surface area (Å²) in [6.45, 7) is 2.00. The summed E-state index contributed by atoms with van der Waals surface area (Å²) in [5.41, 5.74) is 2.76. The Balaban J connectivity index is 1.65. The summed E-state index contributed by atoms with van der Waals surface area (Å²) in [5.74, 6) is 0.586. The summed E-state index contributed by atoms with van der Waals surface area (Å²) in [5, 5.41) is 16.1. The fourth-order valence-electron chi connectivity index (χ4n) is 4.55. The van der Waals surface area contributed by atoms with Crippen LogP contribution in [0.5, 0.6) is 5.75 Å². The van der Waals surface area contributed by atoms with Gasteiger partial charge in [0.1, 0.15) is 17.6 Å². The van der Waals surface area contributed by atoms with E-state index in [0.29, 0.717) is 12.4 Å². The number of aromatic nitrogens is 3. The molecule has 2 heterocycles. The minimum Gasteiger partial charge on any atom is -0.497 e. The number of carbonyl (C=O) groups excluding carboxylic acids is 1. The Morgan fingerprint density at radius 2 is 1.66 bits per heavy atom. The number of fused-ring (bicyclic) bond motifs is 1. The number of benzene rings is 3. The molecule has 5 rings (SSSR count). The Morgan fingerprint density at radius 1 is 1.00 bits per heavy atom. The average Bonchev–Trinajstić information content (AvgIpc) is 3.38. The van der Waals surface area contributed by atoms with Crippen molar-refractivity contribution in [1.82, 2.24) is 14.8 Å². The third kappa shape index (κ3) is 4.01. The van der Waals surface area contributed by atoms with Gasteiger partial charge in [0.15, 0.2) is 0 Å². The first-order valence-corrected chi connectivity index (χ1v) is 11.1. The SMILES string of the molecule is COc1ccc([C@H]2C[C@H](c3ccc(C)cc3)N(C(=O)c3ccccc3[N+](=O)[O-])c3ncnn32)cc1. The summed E-state index contributed by atoms with van der Waals surface area (Å²) in [7, 11) is 1.62. The van der Waals surface area contributed by atoms with Gasteiger partial charge in [0.25, 0.3) is 11.6 Å². The van der Waals surface area contributed by atoms with E-state index in [1.165, 1.54) is 23.4 Å². The van der Waals surface area contributed by atoms with Crippen LogP contribution < -0.4 is 9.64 Å². The smallest absolute Gasteiger partial charge is 0.282 e. The zero-order valence-electron chi connectivity index (χ0n) is 19.2. The lowest BCUT2D eigenvalue weighted by atomic mass is 9.91. The van der Waals surface area contributed by atoms with Gasteiger partial charge in [-0.2, -0.15) is 10.1 Å². The van der Waals surface area contributed by atoms with E-state index in [2.05, 4.69) is 10.1 Å². The maximum Gasteiger partial charge on any atom is 0.282 e. The first-order valence-electron chi connectivity index (χ1n) is 11.1. The molecule has 0 N–H and O–H groups in total. The van der Waals surface area contributed by atoms with Crippen LogP contribution in [0.15, 0.2) is 79.1 Å².